The Morgan fingerprint density at radius 2 is 2.16 bits per heavy atom. The third kappa shape index (κ3) is 2.43. The fourth-order valence-electron chi connectivity index (χ4n) is 3.73. The number of hydrogen-bond acceptors (Lipinski definition) is 4. The molecule has 6 heteroatoms. The first-order chi connectivity index (χ1) is 12.0. The van der Waals surface area contributed by atoms with Gasteiger partial charge in [-0.3, -0.25) is 0 Å². The van der Waals surface area contributed by atoms with E-state index in [1.54, 1.807) is 0 Å². The van der Waals surface area contributed by atoms with E-state index in [1.807, 2.05) is 12.1 Å². The molecule has 1 N–H and O–H groups in total. The van der Waals surface area contributed by atoms with Gasteiger partial charge in [0.15, 0.2) is 0 Å². The molecule has 2 atom stereocenters. The molecule has 0 saturated carbocycles. The lowest BCUT2D eigenvalue weighted by Crippen LogP contribution is -2.17. The number of nitriles is 1. The number of rotatable bonds is 2. The number of carboxylic acid groups (broad SMARTS) is 1. The van der Waals surface area contributed by atoms with Gasteiger partial charge in [0.25, 0.3) is 0 Å². The number of aromatic nitrogens is 2. The van der Waals surface area contributed by atoms with E-state index in [9.17, 15) is 10.1 Å². The summed E-state index contributed by atoms with van der Waals surface area (Å²) in [5.74, 6) is -0.510. The molecule has 5 nitrogen and oxygen atoms in total. The molecule has 2 unspecified atom stereocenters. The average molecular weight is 351 g/mol. The predicted molar refractivity (Wildman–Crippen MR) is 97.1 cm³/mol. The zero-order valence-corrected chi connectivity index (χ0v) is 14.8. The highest BCUT2D eigenvalue weighted by molar-refractivity contribution is 7.16. The lowest BCUT2D eigenvalue weighted by atomic mass is 9.94. The van der Waals surface area contributed by atoms with Gasteiger partial charge in [0.2, 0.25) is 0 Å². The molecule has 0 saturated heterocycles. The van der Waals surface area contributed by atoms with Crippen molar-refractivity contribution in [1.29, 1.82) is 5.26 Å². The van der Waals surface area contributed by atoms with Crippen LogP contribution in [0.2, 0.25) is 0 Å². The quantitative estimate of drug-likeness (QED) is 0.720. The van der Waals surface area contributed by atoms with Gasteiger partial charge in [-0.15, -0.1) is 11.3 Å². The third-order valence-corrected chi connectivity index (χ3v) is 6.04. The summed E-state index contributed by atoms with van der Waals surface area (Å²) in [6.45, 7) is 4.42. The van der Waals surface area contributed by atoms with E-state index < -0.39 is 5.97 Å². The zero-order valence-electron chi connectivity index (χ0n) is 14.0. The zero-order chi connectivity index (χ0) is 17.7. The Kier molecular flexibility index (Phi) is 3.62. The van der Waals surface area contributed by atoms with Crippen molar-refractivity contribution in [2.24, 2.45) is 0 Å². The standard InChI is InChI=1S/C19H17N3O2S/c1-10-3-4-11(2)22-15(10)7-12-5-13(6-14(8-20)17(12)22)18-21-9-16(25-18)19(23)24/h5-7,9-11H,3-4H2,1-2H3,(H,23,24). The van der Waals surface area contributed by atoms with Gasteiger partial charge in [0.05, 0.1) is 17.3 Å². The number of nitrogens with zero attached hydrogens (tertiary/aromatic N) is 3. The number of aromatic carboxylic acids is 1. The fourth-order valence-corrected chi connectivity index (χ4v) is 4.47. The van der Waals surface area contributed by atoms with Crippen LogP contribution in [0.25, 0.3) is 21.5 Å². The second-order valence-electron chi connectivity index (χ2n) is 6.67. The molecule has 2 aromatic heterocycles. The number of fused-ring (bicyclic) bond motifs is 3. The molecule has 1 aromatic carbocycles. The van der Waals surface area contributed by atoms with E-state index in [2.05, 4.69) is 35.5 Å². The van der Waals surface area contributed by atoms with Crippen LogP contribution >= 0.6 is 11.3 Å². The summed E-state index contributed by atoms with van der Waals surface area (Å²) in [5, 5.41) is 20.4. The molecule has 0 aliphatic carbocycles. The summed E-state index contributed by atoms with van der Waals surface area (Å²) in [6.07, 6.45) is 3.63. The van der Waals surface area contributed by atoms with Gasteiger partial charge in [-0.1, -0.05) is 6.92 Å². The van der Waals surface area contributed by atoms with Crippen LogP contribution in [0.5, 0.6) is 0 Å². The minimum atomic E-state index is -0.979. The largest absolute Gasteiger partial charge is 0.477 e. The van der Waals surface area contributed by atoms with E-state index in [1.165, 1.54) is 11.9 Å². The van der Waals surface area contributed by atoms with E-state index >= 15 is 0 Å². The maximum atomic E-state index is 11.1. The number of benzene rings is 1. The van der Waals surface area contributed by atoms with Crippen molar-refractivity contribution in [1.82, 2.24) is 9.55 Å². The van der Waals surface area contributed by atoms with Gasteiger partial charge >= 0.3 is 5.97 Å². The summed E-state index contributed by atoms with van der Waals surface area (Å²) in [4.78, 5) is 15.5. The van der Waals surface area contributed by atoms with E-state index in [0.717, 1.165) is 40.6 Å². The summed E-state index contributed by atoms with van der Waals surface area (Å²) in [6, 6.07) is 8.71. The van der Waals surface area contributed by atoms with Crippen LogP contribution in [0, 0.1) is 11.3 Å². The Morgan fingerprint density at radius 3 is 2.84 bits per heavy atom. The Labute approximate surface area is 149 Å². The highest BCUT2D eigenvalue weighted by atomic mass is 32.1. The van der Waals surface area contributed by atoms with Crippen molar-refractivity contribution in [3.63, 3.8) is 0 Å². The summed E-state index contributed by atoms with van der Waals surface area (Å²) in [5.41, 5.74) is 3.67. The molecule has 126 valence electrons. The van der Waals surface area contributed by atoms with Crippen molar-refractivity contribution in [3.8, 4) is 16.6 Å². The SMILES string of the molecule is CC1CCC(C)n2c1cc1cc(-c3ncc(C(=O)O)s3)cc(C#N)c12. The lowest BCUT2D eigenvalue weighted by Gasteiger charge is -2.28. The molecule has 1 aliphatic heterocycles. The topological polar surface area (TPSA) is 78.9 Å². The maximum Gasteiger partial charge on any atom is 0.347 e. The van der Waals surface area contributed by atoms with E-state index in [0.29, 0.717) is 22.5 Å². The van der Waals surface area contributed by atoms with Crippen LogP contribution in [0.15, 0.2) is 24.4 Å². The average Bonchev–Trinajstić information content (AvgIpc) is 3.22. The van der Waals surface area contributed by atoms with Crippen molar-refractivity contribution >= 4 is 28.2 Å². The van der Waals surface area contributed by atoms with Crippen LogP contribution in [0.3, 0.4) is 0 Å². The molecule has 0 fully saturated rings. The number of hydrogen-bond donors (Lipinski definition) is 1. The Balaban J connectivity index is 1.95. The molecule has 25 heavy (non-hydrogen) atoms. The molecule has 0 radical (unpaired) electrons. The van der Waals surface area contributed by atoms with Gasteiger partial charge in [-0.25, -0.2) is 9.78 Å². The minimum Gasteiger partial charge on any atom is -0.477 e. The highest BCUT2D eigenvalue weighted by Gasteiger charge is 2.26. The van der Waals surface area contributed by atoms with Crippen molar-refractivity contribution < 1.29 is 9.90 Å². The molecular formula is C19H17N3O2S. The number of thiazole rings is 1. The van der Waals surface area contributed by atoms with Crippen LogP contribution in [-0.2, 0) is 0 Å². The Bertz CT molecular complexity index is 1040. The number of carbonyl (C=O) groups is 1. The predicted octanol–water partition coefficient (Wildman–Crippen LogP) is 4.79. The van der Waals surface area contributed by atoms with Crippen molar-refractivity contribution in [2.45, 2.75) is 38.6 Å². The van der Waals surface area contributed by atoms with E-state index in [-0.39, 0.29) is 4.88 Å². The number of carboxylic acids is 1. The summed E-state index contributed by atoms with van der Waals surface area (Å²) < 4.78 is 2.30. The van der Waals surface area contributed by atoms with Crippen molar-refractivity contribution in [2.75, 3.05) is 0 Å². The van der Waals surface area contributed by atoms with E-state index in [4.69, 9.17) is 5.11 Å². The molecular weight excluding hydrogens is 334 g/mol. The van der Waals surface area contributed by atoms with Crippen LogP contribution < -0.4 is 0 Å². The van der Waals surface area contributed by atoms with Gasteiger partial charge < -0.3 is 9.67 Å². The molecule has 3 heterocycles. The summed E-state index contributed by atoms with van der Waals surface area (Å²) >= 11 is 1.13. The first kappa shape index (κ1) is 15.9. The van der Waals surface area contributed by atoms with Crippen LogP contribution in [0.1, 0.15) is 59.6 Å². The van der Waals surface area contributed by atoms with Crippen molar-refractivity contribution in [3.05, 3.63) is 40.5 Å². The normalized spacial score (nSPS) is 19.6. The Morgan fingerprint density at radius 1 is 1.36 bits per heavy atom. The monoisotopic (exact) mass is 351 g/mol. The molecule has 0 bridgehead atoms. The maximum absolute atomic E-state index is 11.1. The van der Waals surface area contributed by atoms with Crippen LogP contribution in [0.4, 0.5) is 0 Å². The first-order valence-electron chi connectivity index (χ1n) is 8.28. The highest BCUT2D eigenvalue weighted by Crippen LogP contribution is 2.40. The fraction of sp³-hybridized carbons (Fsp3) is 0.316. The molecule has 0 amide bonds. The van der Waals surface area contributed by atoms with Gasteiger partial charge in [0.1, 0.15) is 16.0 Å². The molecule has 4 rings (SSSR count). The molecule has 0 spiro atoms. The second kappa shape index (κ2) is 5.71. The van der Waals surface area contributed by atoms with Crippen LogP contribution in [-0.4, -0.2) is 20.6 Å². The summed E-state index contributed by atoms with van der Waals surface area (Å²) in [7, 11) is 0. The van der Waals surface area contributed by atoms with Gasteiger partial charge in [0, 0.05) is 22.7 Å². The third-order valence-electron chi connectivity index (χ3n) is 5.01. The smallest absolute Gasteiger partial charge is 0.347 e. The molecule has 1 aliphatic rings. The Hall–Kier alpha value is -2.65. The first-order valence-corrected chi connectivity index (χ1v) is 9.09. The second-order valence-corrected chi connectivity index (χ2v) is 7.71. The molecule has 3 aromatic rings. The minimum absolute atomic E-state index is 0.201. The van der Waals surface area contributed by atoms with Gasteiger partial charge in [-0.05, 0) is 43.9 Å². The van der Waals surface area contributed by atoms with Gasteiger partial charge in [-0.2, -0.15) is 5.26 Å². The lowest BCUT2D eigenvalue weighted by molar-refractivity contribution is 0.0702.